The minimum Gasteiger partial charge on any atom is -1.00 e. The molecule has 0 aliphatic heterocycles. The maximum Gasteiger partial charge on any atom is -1.00 e. The molecule has 0 aromatic heterocycles. The minimum absolute atomic E-state index is 0. The summed E-state index contributed by atoms with van der Waals surface area (Å²) in [7, 11) is 0. The van der Waals surface area contributed by atoms with Crippen LogP contribution in [0.2, 0.25) is 0 Å². The van der Waals surface area contributed by atoms with Crippen LogP contribution in [-0.2, 0) is 31.8 Å². The van der Waals surface area contributed by atoms with Crippen LogP contribution in [0, 0.1) is 11.3 Å². The Hall–Kier alpha value is -0.760. The first kappa shape index (κ1) is 32.5. The summed E-state index contributed by atoms with van der Waals surface area (Å²) in [6.45, 7) is 28.4. The van der Waals surface area contributed by atoms with Crippen LogP contribution in [0.5, 0.6) is 0 Å². The molecule has 2 aliphatic rings. The number of fused-ring (bicyclic) bond motifs is 3. The third-order valence-corrected chi connectivity index (χ3v) is 20.6. The standard InChI is InChI=1S/C21H25.C10H15.C3H6.2ClH.Hf/c1-20(2,3)16-9-7-14-11-15-8-10-17(21(4,5)6)13-19(15)18(14)12-16;1-8-5-6-9(7-8)10(2,3)4;1-3-2;;;/h7-13H,1-6H3;6-8H,1-4H3;1-2H3;2*1H;/q;;;;;+2/p-2. The van der Waals surface area contributed by atoms with Gasteiger partial charge in [-0.3, -0.25) is 0 Å². The van der Waals surface area contributed by atoms with E-state index in [9.17, 15) is 0 Å². The summed E-state index contributed by atoms with van der Waals surface area (Å²) < 4.78 is 4.10. The van der Waals surface area contributed by atoms with Crippen molar-refractivity contribution in [3.8, 4) is 11.1 Å². The zero-order valence-electron chi connectivity index (χ0n) is 25.0. The van der Waals surface area contributed by atoms with E-state index in [2.05, 4.69) is 132 Å². The SMILES string of the molecule is C[C](C)=[Hf+2]([C]1=CC(C(C)(C)C)=CC1C)[CH]1c2ccc(C(C)(C)C)cc2-c2cc(C(C)(C)C)ccc21.[Cl-].[Cl-]. The molecular formula is C34H46Cl2Hf. The second kappa shape index (κ2) is 11.0. The number of hydrogen-bond acceptors (Lipinski definition) is 0. The maximum atomic E-state index is 2.63. The number of benzene rings is 2. The molecule has 0 N–H and O–H groups in total. The summed E-state index contributed by atoms with van der Waals surface area (Å²) in [6.07, 6.45) is 5.19. The van der Waals surface area contributed by atoms with Crippen LogP contribution in [-0.4, -0.2) is 3.26 Å². The van der Waals surface area contributed by atoms with Crippen LogP contribution in [0.3, 0.4) is 0 Å². The first-order chi connectivity index (χ1) is 16.0. The summed E-state index contributed by atoms with van der Waals surface area (Å²) in [5, 5.41) is 0. The fraction of sp³-hybridized carbons (Fsp3) is 0.500. The van der Waals surface area contributed by atoms with Gasteiger partial charge in [0.25, 0.3) is 0 Å². The Labute approximate surface area is 247 Å². The summed E-state index contributed by atoms with van der Waals surface area (Å²) in [5.41, 5.74) is 11.1. The Morgan fingerprint density at radius 2 is 1.11 bits per heavy atom. The molecule has 2 aliphatic carbocycles. The van der Waals surface area contributed by atoms with Crippen LogP contribution < -0.4 is 24.8 Å². The molecule has 200 valence electrons. The van der Waals surface area contributed by atoms with E-state index >= 15 is 0 Å². The molecule has 1 unspecified atom stereocenters. The molecule has 0 fully saturated rings. The van der Waals surface area contributed by atoms with Crippen LogP contribution in [0.1, 0.15) is 109 Å². The molecular weight excluding hydrogens is 658 g/mol. The Balaban J connectivity index is 0.00000241. The molecule has 1 atom stereocenters. The van der Waals surface area contributed by atoms with Crippen molar-refractivity contribution >= 4 is 3.26 Å². The largest absolute Gasteiger partial charge is 1.00 e. The van der Waals surface area contributed by atoms with Crippen LogP contribution in [0.15, 0.2) is 57.5 Å². The smallest absolute Gasteiger partial charge is 1.00 e. The molecule has 0 bridgehead atoms. The van der Waals surface area contributed by atoms with Crippen molar-refractivity contribution in [2.24, 2.45) is 11.3 Å². The monoisotopic (exact) mass is 704 g/mol. The van der Waals surface area contributed by atoms with Gasteiger partial charge in [-0.05, 0) is 0 Å². The van der Waals surface area contributed by atoms with E-state index in [1.165, 1.54) is 27.8 Å². The van der Waals surface area contributed by atoms with E-state index in [4.69, 9.17) is 0 Å². The Morgan fingerprint density at radius 1 is 0.676 bits per heavy atom. The molecule has 2 aromatic rings. The number of rotatable bonds is 2. The molecule has 0 saturated heterocycles. The van der Waals surface area contributed by atoms with Gasteiger partial charge in [-0.15, -0.1) is 0 Å². The summed E-state index contributed by atoms with van der Waals surface area (Å²) in [4.78, 5) is 0. The van der Waals surface area contributed by atoms with Crippen LogP contribution >= 0.6 is 0 Å². The second-order valence-corrected chi connectivity index (χ2v) is 24.9. The fourth-order valence-corrected chi connectivity index (χ4v) is 18.3. The molecule has 0 amide bonds. The Kier molecular flexibility index (Phi) is 9.66. The van der Waals surface area contributed by atoms with Crippen LogP contribution in [0.4, 0.5) is 0 Å². The first-order valence-corrected chi connectivity index (χ1v) is 19.1. The molecule has 4 rings (SSSR count). The van der Waals surface area contributed by atoms with Crippen molar-refractivity contribution in [1.29, 1.82) is 0 Å². The third-order valence-electron chi connectivity index (χ3n) is 7.99. The summed E-state index contributed by atoms with van der Waals surface area (Å²) in [5.74, 6) is 0.566. The number of halogens is 2. The topological polar surface area (TPSA) is 0 Å². The molecule has 37 heavy (non-hydrogen) atoms. The minimum atomic E-state index is -2.43. The van der Waals surface area contributed by atoms with Crippen molar-refractivity contribution in [2.75, 3.05) is 0 Å². The fourth-order valence-electron chi connectivity index (χ4n) is 5.73. The summed E-state index contributed by atoms with van der Waals surface area (Å²) >= 11 is -2.43. The zero-order chi connectivity index (χ0) is 26.1. The zero-order valence-corrected chi connectivity index (χ0v) is 30.1. The van der Waals surface area contributed by atoms with E-state index < -0.39 is 21.0 Å². The normalized spacial score (nSPS) is 17.0. The van der Waals surface area contributed by atoms with Gasteiger partial charge in [0.05, 0.1) is 0 Å². The van der Waals surface area contributed by atoms with Crippen molar-refractivity contribution in [1.82, 2.24) is 0 Å². The third kappa shape index (κ3) is 6.20. The van der Waals surface area contributed by atoms with E-state index in [-0.39, 0.29) is 41.1 Å². The summed E-state index contributed by atoms with van der Waals surface area (Å²) in [6, 6.07) is 14.9. The first-order valence-electron chi connectivity index (χ1n) is 13.4. The quantitative estimate of drug-likeness (QED) is 0.419. The Morgan fingerprint density at radius 3 is 1.43 bits per heavy atom. The van der Waals surface area contributed by atoms with E-state index in [1.54, 1.807) is 17.7 Å². The van der Waals surface area contributed by atoms with Gasteiger partial charge >= 0.3 is 224 Å². The van der Waals surface area contributed by atoms with Gasteiger partial charge in [0.2, 0.25) is 0 Å². The number of allylic oxidation sites excluding steroid dienone is 4. The van der Waals surface area contributed by atoms with Crippen molar-refractivity contribution < 1.29 is 45.8 Å². The van der Waals surface area contributed by atoms with Gasteiger partial charge in [-0.25, -0.2) is 0 Å². The molecule has 0 spiro atoms. The predicted octanol–water partition coefficient (Wildman–Crippen LogP) is 3.70. The molecule has 0 heterocycles. The molecule has 0 radical (unpaired) electrons. The van der Waals surface area contributed by atoms with Gasteiger partial charge in [-0.2, -0.15) is 0 Å². The average Bonchev–Trinajstić information content (AvgIpc) is 3.25. The average molecular weight is 704 g/mol. The van der Waals surface area contributed by atoms with Gasteiger partial charge in [0.15, 0.2) is 0 Å². The van der Waals surface area contributed by atoms with E-state index in [0.29, 0.717) is 9.59 Å². The van der Waals surface area contributed by atoms with Crippen molar-refractivity contribution in [3.63, 3.8) is 0 Å². The number of hydrogen-bond donors (Lipinski definition) is 0. The van der Waals surface area contributed by atoms with Gasteiger partial charge < -0.3 is 24.8 Å². The van der Waals surface area contributed by atoms with E-state index in [0.717, 1.165) is 0 Å². The molecule has 0 saturated carbocycles. The molecule has 3 heteroatoms. The maximum absolute atomic E-state index is 2.63. The van der Waals surface area contributed by atoms with E-state index in [1.807, 2.05) is 0 Å². The van der Waals surface area contributed by atoms with Crippen molar-refractivity contribution in [3.05, 3.63) is 79.7 Å². The second-order valence-electron chi connectivity index (χ2n) is 14.2. The van der Waals surface area contributed by atoms with Gasteiger partial charge in [0, 0.05) is 0 Å². The predicted molar refractivity (Wildman–Crippen MR) is 152 cm³/mol. The Bertz CT molecular complexity index is 1200. The van der Waals surface area contributed by atoms with Gasteiger partial charge in [0.1, 0.15) is 0 Å². The van der Waals surface area contributed by atoms with Crippen molar-refractivity contribution in [2.45, 2.75) is 97.6 Å². The molecule has 2 aromatic carbocycles. The molecule has 0 nitrogen and oxygen atoms in total. The van der Waals surface area contributed by atoms with Gasteiger partial charge in [-0.1, -0.05) is 0 Å². The van der Waals surface area contributed by atoms with Crippen LogP contribution in [0.25, 0.3) is 11.1 Å².